The largest absolute Gasteiger partial charge is 0.342 e. The summed E-state index contributed by atoms with van der Waals surface area (Å²) in [6.45, 7) is 1.70. The van der Waals surface area contributed by atoms with Gasteiger partial charge in [0.05, 0.1) is 41.3 Å². The van der Waals surface area contributed by atoms with Gasteiger partial charge in [-0.25, -0.2) is 9.88 Å². The van der Waals surface area contributed by atoms with Crippen LogP contribution in [-0.4, -0.2) is 40.9 Å². The fraction of sp³-hybridized carbons (Fsp3) is 0.318. The Balaban J connectivity index is 1.29. The number of imidazole rings is 1. The quantitative estimate of drug-likeness (QED) is 0.652. The standard InChI is InChI=1S/C22H21ClN4O2/c23-15-5-1-4-8-18(15)27-20(28)13-19(22(27)29)26-11-9-14(10-12-26)21-24-16-6-2-3-7-17(16)25-21/h1-8,14,19H,9-13H2,(H,24,25)/p+1/t19-/m0/s1. The lowest BCUT2D eigenvalue weighted by Crippen LogP contribution is -3.17. The molecule has 3 aromatic rings. The molecule has 1 atom stereocenters. The predicted octanol–water partition coefficient (Wildman–Crippen LogP) is 2.31. The number of hydrogen-bond donors (Lipinski definition) is 2. The predicted molar refractivity (Wildman–Crippen MR) is 111 cm³/mol. The Morgan fingerprint density at radius 3 is 2.52 bits per heavy atom. The number of amides is 2. The first-order chi connectivity index (χ1) is 14.1. The maximum atomic E-state index is 13.0. The lowest BCUT2D eigenvalue weighted by Gasteiger charge is -2.31. The molecule has 2 aliphatic rings. The van der Waals surface area contributed by atoms with Gasteiger partial charge in [0.25, 0.3) is 5.91 Å². The van der Waals surface area contributed by atoms with Gasteiger partial charge in [-0.1, -0.05) is 35.9 Å². The zero-order chi connectivity index (χ0) is 20.0. The number of aromatic amines is 1. The minimum absolute atomic E-state index is 0.139. The summed E-state index contributed by atoms with van der Waals surface area (Å²) < 4.78 is 0. The highest BCUT2D eigenvalue weighted by Gasteiger charge is 2.47. The lowest BCUT2D eigenvalue weighted by molar-refractivity contribution is -0.920. The Labute approximate surface area is 173 Å². The molecule has 29 heavy (non-hydrogen) atoms. The van der Waals surface area contributed by atoms with Crippen molar-refractivity contribution >= 4 is 40.1 Å². The number of likely N-dealkylation sites (tertiary alicyclic amines) is 1. The van der Waals surface area contributed by atoms with E-state index >= 15 is 0 Å². The number of hydrogen-bond acceptors (Lipinski definition) is 3. The minimum Gasteiger partial charge on any atom is -0.342 e. The van der Waals surface area contributed by atoms with Crippen LogP contribution >= 0.6 is 11.6 Å². The van der Waals surface area contributed by atoms with Crippen molar-refractivity contribution in [2.75, 3.05) is 18.0 Å². The number of piperidine rings is 1. The second-order valence-corrected chi connectivity index (χ2v) is 8.25. The van der Waals surface area contributed by atoms with E-state index in [0.717, 1.165) is 42.8 Å². The maximum absolute atomic E-state index is 13.0. The highest BCUT2D eigenvalue weighted by Crippen LogP contribution is 2.30. The Hall–Kier alpha value is -2.70. The van der Waals surface area contributed by atoms with Gasteiger partial charge in [-0.05, 0) is 24.3 Å². The van der Waals surface area contributed by atoms with E-state index in [9.17, 15) is 9.59 Å². The van der Waals surface area contributed by atoms with Crippen LogP contribution in [0.15, 0.2) is 48.5 Å². The second kappa shape index (κ2) is 7.28. The topological polar surface area (TPSA) is 70.5 Å². The summed E-state index contributed by atoms with van der Waals surface area (Å²) in [4.78, 5) is 36.3. The van der Waals surface area contributed by atoms with Crippen LogP contribution < -0.4 is 9.80 Å². The third kappa shape index (κ3) is 3.22. The molecule has 2 fully saturated rings. The average Bonchev–Trinajstić information content (AvgIpc) is 3.30. The van der Waals surface area contributed by atoms with E-state index in [1.807, 2.05) is 24.3 Å². The molecule has 2 N–H and O–H groups in total. The smallest absolute Gasteiger partial charge is 0.292 e. The molecular formula is C22H22ClN4O2+. The lowest BCUT2D eigenvalue weighted by atomic mass is 9.95. The number of H-pyrrole nitrogens is 1. The summed E-state index contributed by atoms with van der Waals surface area (Å²) in [5.41, 5.74) is 2.54. The first kappa shape index (κ1) is 18.3. The van der Waals surface area contributed by atoms with Gasteiger partial charge in [0, 0.05) is 18.8 Å². The summed E-state index contributed by atoms with van der Waals surface area (Å²) in [6, 6.07) is 14.7. The first-order valence-electron chi connectivity index (χ1n) is 10.0. The fourth-order valence-corrected chi connectivity index (χ4v) is 4.83. The summed E-state index contributed by atoms with van der Waals surface area (Å²) in [6.07, 6.45) is 2.13. The van der Waals surface area contributed by atoms with Gasteiger partial charge in [-0.15, -0.1) is 0 Å². The van der Waals surface area contributed by atoms with E-state index in [2.05, 4.69) is 4.98 Å². The molecule has 2 aliphatic heterocycles. The van der Waals surface area contributed by atoms with Crippen molar-refractivity contribution in [1.82, 2.24) is 9.97 Å². The number of nitrogens with zero attached hydrogens (tertiary/aromatic N) is 2. The summed E-state index contributed by atoms with van der Waals surface area (Å²) >= 11 is 6.23. The van der Waals surface area contributed by atoms with Crippen molar-refractivity contribution in [3.8, 4) is 0 Å². The van der Waals surface area contributed by atoms with Crippen LogP contribution in [0.25, 0.3) is 11.0 Å². The number of aromatic nitrogens is 2. The van der Waals surface area contributed by atoms with E-state index in [4.69, 9.17) is 16.6 Å². The normalized spacial score (nSPS) is 25.1. The molecule has 0 radical (unpaired) electrons. The molecule has 0 bridgehead atoms. The van der Waals surface area contributed by atoms with Crippen LogP contribution in [0.1, 0.15) is 31.0 Å². The number of halogens is 1. The van der Waals surface area contributed by atoms with Crippen molar-refractivity contribution in [1.29, 1.82) is 0 Å². The Morgan fingerprint density at radius 2 is 1.76 bits per heavy atom. The van der Waals surface area contributed by atoms with E-state index < -0.39 is 0 Å². The van der Waals surface area contributed by atoms with E-state index in [1.54, 1.807) is 24.3 Å². The van der Waals surface area contributed by atoms with Gasteiger partial charge in [-0.3, -0.25) is 9.59 Å². The molecule has 0 spiro atoms. The molecule has 2 saturated heterocycles. The molecule has 1 aromatic heterocycles. The second-order valence-electron chi connectivity index (χ2n) is 7.85. The third-order valence-electron chi connectivity index (χ3n) is 6.16. The molecule has 2 amide bonds. The van der Waals surface area contributed by atoms with Crippen LogP contribution in [-0.2, 0) is 9.59 Å². The van der Waals surface area contributed by atoms with Crippen LogP contribution in [0, 0.1) is 0 Å². The van der Waals surface area contributed by atoms with Gasteiger partial charge >= 0.3 is 0 Å². The number of para-hydroxylation sites is 3. The van der Waals surface area contributed by atoms with Crippen LogP contribution in [0.3, 0.4) is 0 Å². The van der Waals surface area contributed by atoms with Crippen LogP contribution in [0.5, 0.6) is 0 Å². The summed E-state index contributed by atoms with van der Waals surface area (Å²) in [5.74, 6) is 1.08. The van der Waals surface area contributed by atoms with Crippen molar-refractivity contribution in [3.05, 3.63) is 59.4 Å². The molecule has 2 aromatic carbocycles. The fourth-order valence-electron chi connectivity index (χ4n) is 4.61. The van der Waals surface area contributed by atoms with Crippen molar-refractivity contribution in [2.45, 2.75) is 31.2 Å². The summed E-state index contributed by atoms with van der Waals surface area (Å²) in [5, 5.41) is 0.424. The molecule has 3 heterocycles. The Morgan fingerprint density at radius 1 is 1.03 bits per heavy atom. The zero-order valence-electron chi connectivity index (χ0n) is 15.9. The number of carbonyl (C=O) groups is 2. The highest BCUT2D eigenvalue weighted by molar-refractivity contribution is 6.36. The number of carbonyl (C=O) groups excluding carboxylic acids is 2. The highest BCUT2D eigenvalue weighted by atomic mass is 35.5. The first-order valence-corrected chi connectivity index (χ1v) is 10.4. The molecular weight excluding hydrogens is 388 g/mol. The molecule has 7 heteroatoms. The van der Waals surface area contributed by atoms with E-state index in [1.165, 1.54) is 9.80 Å². The Bertz CT molecular complexity index is 1050. The number of imide groups is 1. The number of rotatable bonds is 3. The monoisotopic (exact) mass is 409 g/mol. The summed E-state index contributed by atoms with van der Waals surface area (Å²) in [7, 11) is 0. The molecule has 0 unspecified atom stereocenters. The van der Waals surface area contributed by atoms with Crippen molar-refractivity contribution in [3.63, 3.8) is 0 Å². The SMILES string of the molecule is O=C1C[C@H]([NH+]2CCC(c3nc4ccccc4[nH]3)CC2)C(=O)N1c1ccccc1Cl. The number of quaternary nitrogens is 1. The molecule has 6 nitrogen and oxygen atoms in total. The van der Waals surface area contributed by atoms with E-state index in [-0.39, 0.29) is 24.3 Å². The van der Waals surface area contributed by atoms with Crippen molar-refractivity contribution in [2.24, 2.45) is 0 Å². The number of benzene rings is 2. The maximum Gasteiger partial charge on any atom is 0.292 e. The number of nitrogens with one attached hydrogen (secondary N) is 2. The zero-order valence-corrected chi connectivity index (χ0v) is 16.7. The van der Waals surface area contributed by atoms with Crippen molar-refractivity contribution < 1.29 is 14.5 Å². The molecule has 0 aliphatic carbocycles. The van der Waals surface area contributed by atoms with Gasteiger partial charge < -0.3 is 9.88 Å². The van der Waals surface area contributed by atoms with Crippen LogP contribution in [0.4, 0.5) is 5.69 Å². The molecule has 0 saturated carbocycles. The number of fused-ring (bicyclic) bond motifs is 1. The molecule has 5 rings (SSSR count). The number of anilines is 1. The Kier molecular flexibility index (Phi) is 4.60. The minimum atomic E-state index is -0.324. The molecule has 148 valence electrons. The van der Waals surface area contributed by atoms with Gasteiger partial charge in [0.15, 0.2) is 6.04 Å². The van der Waals surface area contributed by atoms with E-state index in [0.29, 0.717) is 16.6 Å². The van der Waals surface area contributed by atoms with Crippen LogP contribution in [0.2, 0.25) is 5.02 Å². The average molecular weight is 410 g/mol. The van der Waals surface area contributed by atoms with Gasteiger partial charge in [-0.2, -0.15) is 0 Å². The van der Waals surface area contributed by atoms with Gasteiger partial charge in [0.2, 0.25) is 5.91 Å². The van der Waals surface area contributed by atoms with Gasteiger partial charge in [0.1, 0.15) is 5.82 Å². The third-order valence-corrected chi connectivity index (χ3v) is 6.47.